The number of benzene rings is 1. The molecular weight excluding hydrogens is 352 g/mol. The first-order valence-electron chi connectivity index (χ1n) is 9.77. The number of hydrogen-bond donors (Lipinski definition) is 0. The van der Waals surface area contributed by atoms with Crippen molar-refractivity contribution in [2.24, 2.45) is 0 Å². The fourth-order valence-electron chi connectivity index (χ4n) is 4.52. The standard InChI is InChI=1S/C22H22N4O2/c27-22(16-4-1-5-17(12-16)25-11-3-10-24-25)26-18-7-8-19(26)14-21(13-18)28-20-6-2-9-23-15-20/h1-6,9-12,15,18-19,21H,7-8,13-14H2. The minimum Gasteiger partial charge on any atom is -0.489 e. The Labute approximate surface area is 163 Å². The van der Waals surface area contributed by atoms with Crippen molar-refractivity contribution in [2.45, 2.75) is 43.9 Å². The Morgan fingerprint density at radius 1 is 1.04 bits per heavy atom. The third-order valence-corrected chi connectivity index (χ3v) is 5.72. The van der Waals surface area contributed by atoms with E-state index < -0.39 is 0 Å². The number of carbonyl (C=O) groups is 1. The second kappa shape index (κ2) is 7.11. The summed E-state index contributed by atoms with van der Waals surface area (Å²) in [5.74, 6) is 0.917. The number of fused-ring (bicyclic) bond motifs is 2. The number of ether oxygens (including phenoxy) is 1. The molecule has 6 heteroatoms. The molecule has 2 aliphatic rings. The second-order valence-corrected chi connectivity index (χ2v) is 7.50. The number of carbonyl (C=O) groups excluding carboxylic acids is 1. The second-order valence-electron chi connectivity index (χ2n) is 7.50. The first kappa shape index (κ1) is 17.0. The van der Waals surface area contributed by atoms with Gasteiger partial charge in [0.05, 0.1) is 11.9 Å². The zero-order valence-corrected chi connectivity index (χ0v) is 15.5. The van der Waals surface area contributed by atoms with E-state index in [0.29, 0.717) is 0 Å². The average Bonchev–Trinajstić information content (AvgIpc) is 3.35. The van der Waals surface area contributed by atoms with Crippen molar-refractivity contribution in [3.05, 3.63) is 72.8 Å². The van der Waals surface area contributed by atoms with Gasteiger partial charge in [0.15, 0.2) is 0 Å². The summed E-state index contributed by atoms with van der Waals surface area (Å²) in [6.45, 7) is 0. The van der Waals surface area contributed by atoms with Crippen molar-refractivity contribution < 1.29 is 9.53 Å². The molecule has 2 aromatic heterocycles. The van der Waals surface area contributed by atoms with Gasteiger partial charge in [0.2, 0.25) is 0 Å². The van der Waals surface area contributed by atoms with E-state index in [-0.39, 0.29) is 24.1 Å². The summed E-state index contributed by atoms with van der Waals surface area (Å²) in [5.41, 5.74) is 1.62. The fourth-order valence-corrected chi connectivity index (χ4v) is 4.52. The molecule has 0 aliphatic carbocycles. The molecule has 1 amide bonds. The molecule has 2 aliphatic heterocycles. The van der Waals surface area contributed by atoms with Gasteiger partial charge in [-0.05, 0) is 49.2 Å². The number of nitrogens with zero attached hydrogens (tertiary/aromatic N) is 4. The van der Waals surface area contributed by atoms with Gasteiger partial charge < -0.3 is 9.64 Å². The SMILES string of the molecule is O=C(c1cccc(-n2cccn2)c1)N1C2CCC1CC(Oc1cccnc1)C2. The van der Waals surface area contributed by atoms with Crippen LogP contribution in [0.1, 0.15) is 36.0 Å². The molecule has 2 unspecified atom stereocenters. The van der Waals surface area contributed by atoms with Gasteiger partial charge in [-0.1, -0.05) is 6.07 Å². The highest BCUT2D eigenvalue weighted by Crippen LogP contribution is 2.38. The summed E-state index contributed by atoms with van der Waals surface area (Å²) in [7, 11) is 0. The maximum Gasteiger partial charge on any atom is 0.254 e. The van der Waals surface area contributed by atoms with Crippen LogP contribution in [0.5, 0.6) is 5.75 Å². The van der Waals surface area contributed by atoms with Crippen molar-refractivity contribution in [3.63, 3.8) is 0 Å². The van der Waals surface area contributed by atoms with Crippen molar-refractivity contribution in [3.8, 4) is 11.4 Å². The zero-order chi connectivity index (χ0) is 18.9. The molecule has 6 nitrogen and oxygen atoms in total. The van der Waals surface area contributed by atoms with Crippen molar-refractivity contribution in [1.82, 2.24) is 19.7 Å². The van der Waals surface area contributed by atoms with Gasteiger partial charge >= 0.3 is 0 Å². The summed E-state index contributed by atoms with van der Waals surface area (Å²) < 4.78 is 7.90. The van der Waals surface area contributed by atoms with Crippen LogP contribution in [0.2, 0.25) is 0 Å². The monoisotopic (exact) mass is 374 g/mol. The Bertz CT molecular complexity index is 944. The number of hydrogen-bond acceptors (Lipinski definition) is 4. The molecule has 0 spiro atoms. The summed E-state index contributed by atoms with van der Waals surface area (Å²) >= 11 is 0. The molecule has 28 heavy (non-hydrogen) atoms. The summed E-state index contributed by atoms with van der Waals surface area (Å²) in [6, 6.07) is 13.9. The molecule has 0 N–H and O–H groups in total. The van der Waals surface area contributed by atoms with Crippen LogP contribution in [0.15, 0.2) is 67.3 Å². The number of amides is 1. The molecule has 2 atom stereocenters. The quantitative estimate of drug-likeness (QED) is 0.701. The van der Waals surface area contributed by atoms with Crippen LogP contribution in [0, 0.1) is 0 Å². The van der Waals surface area contributed by atoms with Gasteiger partial charge in [0.1, 0.15) is 11.9 Å². The van der Waals surface area contributed by atoms with Crippen molar-refractivity contribution in [2.75, 3.05) is 0 Å². The lowest BCUT2D eigenvalue weighted by atomic mass is 9.98. The number of aromatic nitrogens is 3. The van der Waals surface area contributed by atoms with Crippen LogP contribution in [0.4, 0.5) is 0 Å². The van der Waals surface area contributed by atoms with Crippen LogP contribution in [-0.2, 0) is 0 Å². The van der Waals surface area contributed by atoms with Gasteiger partial charge in [-0.2, -0.15) is 5.10 Å². The third-order valence-electron chi connectivity index (χ3n) is 5.72. The predicted molar refractivity (Wildman–Crippen MR) is 104 cm³/mol. The molecule has 0 saturated carbocycles. The molecular formula is C22H22N4O2. The van der Waals surface area contributed by atoms with E-state index in [4.69, 9.17) is 4.74 Å². The Hall–Kier alpha value is -3.15. The van der Waals surface area contributed by atoms with Crippen molar-refractivity contribution in [1.29, 1.82) is 0 Å². The molecule has 0 radical (unpaired) electrons. The first-order valence-corrected chi connectivity index (χ1v) is 9.77. The largest absolute Gasteiger partial charge is 0.489 e. The van der Waals surface area contributed by atoms with E-state index in [1.54, 1.807) is 23.3 Å². The summed E-state index contributed by atoms with van der Waals surface area (Å²) in [4.78, 5) is 19.5. The molecule has 3 aromatic rings. The van der Waals surface area contributed by atoms with E-state index in [9.17, 15) is 4.79 Å². The number of rotatable bonds is 4. The maximum atomic E-state index is 13.3. The van der Waals surface area contributed by atoms with Crippen molar-refractivity contribution >= 4 is 5.91 Å². The van der Waals surface area contributed by atoms with Crippen LogP contribution in [0.25, 0.3) is 5.69 Å². The normalized spacial score (nSPS) is 23.6. The molecule has 2 bridgehead atoms. The lowest BCUT2D eigenvalue weighted by Crippen LogP contribution is -2.49. The molecule has 4 heterocycles. The van der Waals surface area contributed by atoms with Gasteiger partial charge in [-0.15, -0.1) is 0 Å². The van der Waals surface area contributed by atoms with Gasteiger partial charge in [-0.25, -0.2) is 4.68 Å². The minimum absolute atomic E-state index is 0.112. The lowest BCUT2D eigenvalue weighted by Gasteiger charge is -2.39. The van der Waals surface area contributed by atoms with Crippen LogP contribution < -0.4 is 4.74 Å². The minimum atomic E-state index is 0.112. The fraction of sp³-hybridized carbons (Fsp3) is 0.318. The van der Waals surface area contributed by atoms with Gasteiger partial charge in [-0.3, -0.25) is 9.78 Å². The zero-order valence-electron chi connectivity index (χ0n) is 15.5. The molecule has 2 fully saturated rings. The molecule has 1 aromatic carbocycles. The Kier molecular flexibility index (Phi) is 4.31. The number of pyridine rings is 1. The predicted octanol–water partition coefficient (Wildman–Crippen LogP) is 3.48. The van der Waals surface area contributed by atoms with Crippen LogP contribution in [0.3, 0.4) is 0 Å². The maximum absolute atomic E-state index is 13.3. The van der Waals surface area contributed by atoms with E-state index >= 15 is 0 Å². The van der Waals surface area contributed by atoms with Crippen LogP contribution >= 0.6 is 0 Å². The Balaban J connectivity index is 1.32. The van der Waals surface area contributed by atoms with Gasteiger partial charge in [0.25, 0.3) is 5.91 Å². The summed E-state index contributed by atoms with van der Waals surface area (Å²) in [5, 5.41) is 4.26. The van der Waals surface area contributed by atoms with E-state index in [2.05, 4.69) is 15.0 Å². The van der Waals surface area contributed by atoms with E-state index in [0.717, 1.165) is 42.7 Å². The van der Waals surface area contributed by atoms with E-state index in [1.165, 1.54) is 0 Å². The van der Waals surface area contributed by atoms with Crippen LogP contribution in [-0.4, -0.2) is 43.8 Å². The highest BCUT2D eigenvalue weighted by atomic mass is 16.5. The average molecular weight is 374 g/mol. The smallest absolute Gasteiger partial charge is 0.254 e. The molecule has 5 rings (SSSR count). The lowest BCUT2D eigenvalue weighted by molar-refractivity contribution is 0.0358. The first-order chi connectivity index (χ1) is 13.8. The molecule has 142 valence electrons. The molecule has 2 saturated heterocycles. The highest BCUT2D eigenvalue weighted by Gasteiger charge is 2.44. The number of piperidine rings is 1. The Morgan fingerprint density at radius 3 is 2.61 bits per heavy atom. The third kappa shape index (κ3) is 3.15. The van der Waals surface area contributed by atoms with Gasteiger partial charge in [0, 0.05) is 49.1 Å². The van der Waals surface area contributed by atoms with E-state index in [1.807, 2.05) is 48.7 Å². The highest BCUT2D eigenvalue weighted by molar-refractivity contribution is 5.95. The summed E-state index contributed by atoms with van der Waals surface area (Å²) in [6.07, 6.45) is 11.1. The Morgan fingerprint density at radius 2 is 1.89 bits per heavy atom. The topological polar surface area (TPSA) is 60.2 Å².